The summed E-state index contributed by atoms with van der Waals surface area (Å²) >= 11 is 0. The molecule has 150 valence electrons. The molecule has 28 heavy (non-hydrogen) atoms. The summed E-state index contributed by atoms with van der Waals surface area (Å²) in [4.78, 5) is 2.90. The van der Waals surface area contributed by atoms with E-state index in [2.05, 4.69) is 29.7 Å². The lowest BCUT2D eigenvalue weighted by molar-refractivity contribution is -0.0729. The summed E-state index contributed by atoms with van der Waals surface area (Å²) in [5, 5.41) is 0. The van der Waals surface area contributed by atoms with Crippen molar-refractivity contribution in [3.05, 3.63) is 42.0 Å². The molecule has 1 saturated heterocycles. The molecule has 0 amide bonds. The molecule has 0 N–H and O–H groups in total. The van der Waals surface area contributed by atoms with Gasteiger partial charge >= 0.3 is 0 Å². The fourth-order valence-corrected chi connectivity index (χ4v) is 7.25. The summed E-state index contributed by atoms with van der Waals surface area (Å²) in [6, 6.07) is 7.65. The molecule has 2 bridgehead atoms. The fraction of sp³-hybridized carbons (Fsp3) is 0.680. The molecule has 6 atom stereocenters. The molecule has 5 aliphatic rings. The normalized spacial score (nSPS) is 40.8. The summed E-state index contributed by atoms with van der Waals surface area (Å²) < 4.78 is 12.0. The second-order valence-corrected chi connectivity index (χ2v) is 10.1. The number of rotatable bonds is 6. The highest BCUT2D eigenvalue weighted by Crippen LogP contribution is 2.67. The fourth-order valence-electron chi connectivity index (χ4n) is 7.25. The molecule has 6 rings (SSSR count). The van der Waals surface area contributed by atoms with Crippen LogP contribution in [0, 0.1) is 23.7 Å². The number of ether oxygens (including phenoxy) is 2. The Balaban J connectivity index is 1.42. The van der Waals surface area contributed by atoms with Gasteiger partial charge in [-0.1, -0.05) is 12.1 Å². The first-order valence-corrected chi connectivity index (χ1v) is 11.4. The van der Waals surface area contributed by atoms with Crippen LogP contribution in [0.3, 0.4) is 0 Å². The standard InChI is InChI=1S/C25H33NO2/c1-3-10-28-23-14-25-8-9-26(15-16-4-5-16)22(24(25)20-13-19(20)23)11-17-6-7-18(27-2)12-21(17)25/h3,6-7,12,16,19-20,22-24H,1,4-5,8-11,13-15H2,2H3/t19?,20?,22?,23?,24?,25-/m0/s1. The maximum Gasteiger partial charge on any atom is 0.119 e. The van der Waals surface area contributed by atoms with Gasteiger partial charge < -0.3 is 9.47 Å². The van der Waals surface area contributed by atoms with Crippen molar-refractivity contribution in [3.63, 3.8) is 0 Å². The predicted molar refractivity (Wildman–Crippen MR) is 111 cm³/mol. The van der Waals surface area contributed by atoms with Crippen LogP contribution in [0.5, 0.6) is 5.75 Å². The van der Waals surface area contributed by atoms with Crippen LogP contribution in [0.2, 0.25) is 0 Å². The van der Waals surface area contributed by atoms with Crippen LogP contribution in [-0.4, -0.2) is 43.9 Å². The van der Waals surface area contributed by atoms with Gasteiger partial charge in [0.05, 0.1) is 19.8 Å². The quantitative estimate of drug-likeness (QED) is 0.692. The van der Waals surface area contributed by atoms with E-state index < -0.39 is 0 Å². The molecule has 0 spiro atoms. The molecule has 0 aromatic heterocycles. The van der Waals surface area contributed by atoms with E-state index >= 15 is 0 Å². The Bertz CT molecular complexity index is 787. The molecule has 3 saturated carbocycles. The third-order valence-corrected chi connectivity index (χ3v) is 8.66. The Hall–Kier alpha value is -1.32. The zero-order chi connectivity index (χ0) is 18.9. The zero-order valence-electron chi connectivity index (χ0n) is 17.1. The molecular weight excluding hydrogens is 346 g/mol. The van der Waals surface area contributed by atoms with E-state index in [4.69, 9.17) is 9.47 Å². The molecule has 4 fully saturated rings. The maximum absolute atomic E-state index is 6.33. The first-order valence-electron chi connectivity index (χ1n) is 11.4. The molecule has 1 heterocycles. The minimum atomic E-state index is 0.288. The van der Waals surface area contributed by atoms with E-state index in [9.17, 15) is 0 Å². The van der Waals surface area contributed by atoms with Gasteiger partial charge in [-0.2, -0.15) is 0 Å². The number of likely N-dealkylation sites (tertiary alicyclic amines) is 1. The van der Waals surface area contributed by atoms with Crippen molar-refractivity contribution in [2.24, 2.45) is 23.7 Å². The first-order chi connectivity index (χ1) is 13.7. The van der Waals surface area contributed by atoms with Crippen LogP contribution in [0.1, 0.15) is 43.2 Å². The van der Waals surface area contributed by atoms with Gasteiger partial charge in [0.25, 0.3) is 0 Å². The van der Waals surface area contributed by atoms with E-state index in [-0.39, 0.29) is 5.41 Å². The summed E-state index contributed by atoms with van der Waals surface area (Å²) in [5.41, 5.74) is 3.46. The number of benzene rings is 1. The molecular formula is C25H33NO2. The van der Waals surface area contributed by atoms with E-state index in [1.807, 2.05) is 6.08 Å². The molecule has 1 aliphatic heterocycles. The van der Waals surface area contributed by atoms with Gasteiger partial charge in [-0.3, -0.25) is 4.90 Å². The summed E-state index contributed by atoms with van der Waals surface area (Å²) in [6.07, 6.45) is 10.3. The van der Waals surface area contributed by atoms with Gasteiger partial charge in [-0.25, -0.2) is 0 Å². The van der Waals surface area contributed by atoms with Crippen LogP contribution in [0.15, 0.2) is 30.9 Å². The van der Waals surface area contributed by atoms with Gasteiger partial charge in [-0.15, -0.1) is 6.58 Å². The molecule has 5 unspecified atom stereocenters. The van der Waals surface area contributed by atoms with Crippen molar-refractivity contribution in [1.82, 2.24) is 4.90 Å². The number of nitrogens with zero attached hydrogens (tertiary/aromatic N) is 1. The van der Waals surface area contributed by atoms with E-state index in [1.54, 1.807) is 18.2 Å². The molecule has 3 nitrogen and oxygen atoms in total. The summed E-state index contributed by atoms with van der Waals surface area (Å²) in [6.45, 7) is 7.18. The van der Waals surface area contributed by atoms with Crippen LogP contribution in [-0.2, 0) is 16.6 Å². The molecule has 1 aromatic carbocycles. The minimum absolute atomic E-state index is 0.288. The third-order valence-electron chi connectivity index (χ3n) is 8.66. The second kappa shape index (κ2) is 6.34. The van der Waals surface area contributed by atoms with Crippen molar-refractivity contribution in [1.29, 1.82) is 0 Å². The number of hydrogen-bond acceptors (Lipinski definition) is 3. The monoisotopic (exact) mass is 379 g/mol. The summed E-state index contributed by atoms with van der Waals surface area (Å²) in [7, 11) is 1.80. The highest BCUT2D eigenvalue weighted by Gasteiger charge is 2.66. The number of fused-ring (bicyclic) bond motifs is 2. The maximum atomic E-state index is 6.33. The van der Waals surface area contributed by atoms with Crippen LogP contribution < -0.4 is 4.74 Å². The molecule has 1 aromatic rings. The lowest BCUT2D eigenvalue weighted by atomic mass is 9.51. The number of methoxy groups -OCH3 is 1. The van der Waals surface area contributed by atoms with Crippen molar-refractivity contribution in [2.45, 2.75) is 56.1 Å². The van der Waals surface area contributed by atoms with Gasteiger partial charge in [0, 0.05) is 18.0 Å². The van der Waals surface area contributed by atoms with Crippen LogP contribution >= 0.6 is 0 Å². The Morgan fingerprint density at radius 2 is 2.18 bits per heavy atom. The van der Waals surface area contributed by atoms with E-state index in [0.29, 0.717) is 12.7 Å². The lowest BCUT2D eigenvalue weighted by Crippen LogP contribution is -2.63. The highest BCUT2D eigenvalue weighted by atomic mass is 16.5. The Labute approximate surface area is 169 Å². The molecule has 3 heteroatoms. The average Bonchev–Trinajstić information content (AvgIpc) is 3.62. The van der Waals surface area contributed by atoms with Crippen molar-refractivity contribution in [2.75, 3.05) is 26.8 Å². The SMILES string of the molecule is C=CCOC1C[C@@]23CCN(CC4CC4)C(Cc4ccc(OC)cc42)C3C2CC12. The van der Waals surface area contributed by atoms with Crippen molar-refractivity contribution < 1.29 is 9.47 Å². The topological polar surface area (TPSA) is 21.7 Å². The Kier molecular flexibility index (Phi) is 3.97. The summed E-state index contributed by atoms with van der Waals surface area (Å²) in [5.74, 6) is 4.45. The smallest absolute Gasteiger partial charge is 0.119 e. The van der Waals surface area contributed by atoms with Gasteiger partial charge in [0.1, 0.15) is 5.75 Å². The van der Waals surface area contributed by atoms with Crippen molar-refractivity contribution in [3.8, 4) is 5.75 Å². The second-order valence-electron chi connectivity index (χ2n) is 10.1. The molecule has 4 aliphatic carbocycles. The average molecular weight is 380 g/mol. The number of piperidine rings is 1. The van der Waals surface area contributed by atoms with E-state index in [0.717, 1.165) is 35.5 Å². The van der Waals surface area contributed by atoms with Gasteiger partial charge in [0.15, 0.2) is 0 Å². The zero-order valence-corrected chi connectivity index (χ0v) is 17.1. The third kappa shape index (κ3) is 2.55. The Morgan fingerprint density at radius 1 is 1.29 bits per heavy atom. The minimum Gasteiger partial charge on any atom is -0.497 e. The van der Waals surface area contributed by atoms with Crippen LogP contribution in [0.25, 0.3) is 0 Å². The largest absolute Gasteiger partial charge is 0.497 e. The molecule has 0 radical (unpaired) electrons. The predicted octanol–water partition coefficient (Wildman–Crippen LogP) is 4.20. The lowest BCUT2D eigenvalue weighted by Gasteiger charge is -2.60. The van der Waals surface area contributed by atoms with Crippen molar-refractivity contribution >= 4 is 0 Å². The first kappa shape index (κ1) is 17.5. The Morgan fingerprint density at radius 3 is 2.96 bits per heavy atom. The van der Waals surface area contributed by atoms with Gasteiger partial charge in [-0.05, 0) is 92.0 Å². The van der Waals surface area contributed by atoms with Crippen LogP contribution in [0.4, 0.5) is 0 Å². The number of hydrogen-bond donors (Lipinski definition) is 0. The highest BCUT2D eigenvalue weighted by molar-refractivity contribution is 5.47. The van der Waals surface area contributed by atoms with Gasteiger partial charge in [0.2, 0.25) is 0 Å². The van der Waals surface area contributed by atoms with E-state index in [1.165, 1.54) is 51.6 Å².